The molecular weight excluding hydrogens is 216 g/mol. The fourth-order valence-corrected chi connectivity index (χ4v) is 3.25. The first-order chi connectivity index (χ1) is 5.90. The molecule has 1 aliphatic rings. The van der Waals surface area contributed by atoms with Crippen LogP contribution in [0.15, 0.2) is 0 Å². The van der Waals surface area contributed by atoms with Crippen molar-refractivity contribution in [1.82, 2.24) is 0 Å². The number of rotatable bonds is 3. The zero-order valence-electron chi connectivity index (χ0n) is 7.25. The third kappa shape index (κ3) is 2.34. The van der Waals surface area contributed by atoms with Gasteiger partial charge in [0.05, 0.1) is 18.3 Å². The molecule has 6 heteroatoms. The van der Waals surface area contributed by atoms with Crippen molar-refractivity contribution in [3.63, 3.8) is 0 Å². The Hall–Kier alpha value is -0.290. The Balaban J connectivity index is 2.77. The summed E-state index contributed by atoms with van der Waals surface area (Å²) in [6.07, 6.45) is 1.94. The molecule has 13 heavy (non-hydrogen) atoms. The van der Waals surface area contributed by atoms with Gasteiger partial charge >= 0.3 is 5.97 Å². The van der Waals surface area contributed by atoms with E-state index in [0.717, 1.165) is 6.42 Å². The van der Waals surface area contributed by atoms with Crippen LogP contribution in [0.1, 0.15) is 19.3 Å². The maximum atomic E-state index is 11.2. The molecule has 0 amide bonds. The Bertz CT molecular complexity index is 304. The Labute approximate surface area is 81.6 Å². The minimum atomic E-state index is -3.63. The number of carbonyl (C=O) groups excluding carboxylic acids is 1. The summed E-state index contributed by atoms with van der Waals surface area (Å²) >= 11 is 0. The van der Waals surface area contributed by atoms with Crippen LogP contribution in [0.5, 0.6) is 0 Å². The molecule has 0 spiro atoms. The second kappa shape index (κ2) is 3.46. The fraction of sp³-hybridized carbons (Fsp3) is 0.857. The van der Waals surface area contributed by atoms with E-state index in [1.807, 2.05) is 0 Å². The van der Waals surface area contributed by atoms with Gasteiger partial charge in [0.25, 0.3) is 0 Å². The predicted molar refractivity (Wildman–Crippen MR) is 47.9 cm³/mol. The third-order valence-corrected chi connectivity index (χ3v) is 3.60. The molecule has 0 N–H and O–H groups in total. The summed E-state index contributed by atoms with van der Waals surface area (Å²) in [5, 5.41) is 0. The highest BCUT2D eigenvalue weighted by Crippen LogP contribution is 2.43. The number of halogens is 1. The maximum absolute atomic E-state index is 11.2. The Morgan fingerprint density at radius 3 is 2.31 bits per heavy atom. The van der Waals surface area contributed by atoms with Crippen LogP contribution in [-0.2, 0) is 18.6 Å². The van der Waals surface area contributed by atoms with Gasteiger partial charge in [-0.25, -0.2) is 8.42 Å². The average Bonchev–Trinajstić information content (AvgIpc) is 1.93. The van der Waals surface area contributed by atoms with E-state index in [1.165, 1.54) is 7.11 Å². The first-order valence-electron chi connectivity index (χ1n) is 3.90. The molecule has 0 bridgehead atoms. The van der Waals surface area contributed by atoms with Crippen LogP contribution in [-0.4, -0.2) is 27.2 Å². The van der Waals surface area contributed by atoms with Crippen molar-refractivity contribution in [3.8, 4) is 0 Å². The second-order valence-electron chi connectivity index (χ2n) is 3.31. The lowest BCUT2D eigenvalue weighted by Gasteiger charge is -2.37. The molecule has 0 aromatic carbocycles. The van der Waals surface area contributed by atoms with Crippen LogP contribution >= 0.6 is 10.7 Å². The summed E-state index contributed by atoms with van der Waals surface area (Å²) in [5.41, 5.74) is -0.866. The Morgan fingerprint density at radius 1 is 1.54 bits per heavy atom. The van der Waals surface area contributed by atoms with Gasteiger partial charge in [-0.1, -0.05) is 6.42 Å². The zero-order valence-corrected chi connectivity index (χ0v) is 8.82. The third-order valence-electron chi connectivity index (χ3n) is 2.38. The predicted octanol–water partition coefficient (Wildman–Crippen LogP) is 0.898. The Morgan fingerprint density at radius 2 is 2.08 bits per heavy atom. The largest absolute Gasteiger partial charge is 0.469 e. The van der Waals surface area contributed by atoms with Crippen molar-refractivity contribution >= 4 is 25.7 Å². The monoisotopic (exact) mass is 226 g/mol. The molecule has 1 saturated carbocycles. The highest BCUT2D eigenvalue weighted by Gasteiger charge is 2.48. The van der Waals surface area contributed by atoms with Crippen LogP contribution in [0.25, 0.3) is 0 Å². The van der Waals surface area contributed by atoms with Gasteiger partial charge in [0.1, 0.15) is 0 Å². The number of hydrogen-bond acceptors (Lipinski definition) is 4. The summed E-state index contributed by atoms with van der Waals surface area (Å²) in [7, 11) is 2.72. The lowest BCUT2D eigenvalue weighted by molar-refractivity contribution is -0.156. The van der Waals surface area contributed by atoms with Crippen molar-refractivity contribution in [2.45, 2.75) is 19.3 Å². The Kier molecular flexibility index (Phi) is 2.87. The first kappa shape index (κ1) is 10.8. The number of hydrogen-bond donors (Lipinski definition) is 0. The SMILES string of the molecule is COC(=O)C1(CS(=O)(=O)Cl)CCC1. The molecule has 0 heterocycles. The fourth-order valence-electron chi connectivity index (χ4n) is 1.56. The summed E-state index contributed by atoms with van der Waals surface area (Å²) in [6, 6.07) is 0. The van der Waals surface area contributed by atoms with E-state index < -0.39 is 20.4 Å². The van der Waals surface area contributed by atoms with E-state index in [1.54, 1.807) is 0 Å². The van der Waals surface area contributed by atoms with Crippen LogP contribution in [0.3, 0.4) is 0 Å². The second-order valence-corrected chi connectivity index (χ2v) is 6.09. The van der Waals surface area contributed by atoms with Gasteiger partial charge in [-0.3, -0.25) is 4.79 Å². The number of ether oxygens (including phenoxy) is 1. The van der Waals surface area contributed by atoms with Crippen LogP contribution in [0.4, 0.5) is 0 Å². The summed E-state index contributed by atoms with van der Waals surface area (Å²) < 4.78 is 26.2. The quantitative estimate of drug-likeness (QED) is 0.530. The van der Waals surface area contributed by atoms with E-state index in [-0.39, 0.29) is 5.75 Å². The molecule has 0 aromatic heterocycles. The standard InChI is InChI=1S/C7H11ClO4S/c1-12-6(9)7(3-2-4-7)5-13(8,10)11/h2-5H2,1H3. The van der Waals surface area contributed by atoms with E-state index in [9.17, 15) is 13.2 Å². The van der Waals surface area contributed by atoms with E-state index in [2.05, 4.69) is 4.74 Å². The summed E-state index contributed by atoms with van der Waals surface area (Å²) in [5.74, 6) is -0.781. The molecule has 76 valence electrons. The molecule has 0 atom stereocenters. The molecule has 1 aliphatic carbocycles. The molecule has 0 unspecified atom stereocenters. The molecular formula is C7H11ClO4S. The highest BCUT2D eigenvalue weighted by atomic mass is 35.7. The van der Waals surface area contributed by atoms with Crippen LogP contribution in [0, 0.1) is 5.41 Å². The lowest BCUT2D eigenvalue weighted by atomic mass is 9.70. The maximum Gasteiger partial charge on any atom is 0.312 e. The smallest absolute Gasteiger partial charge is 0.312 e. The minimum absolute atomic E-state index is 0.311. The minimum Gasteiger partial charge on any atom is -0.469 e. The van der Waals surface area contributed by atoms with Crippen LogP contribution in [0.2, 0.25) is 0 Å². The first-order valence-corrected chi connectivity index (χ1v) is 6.38. The normalized spacial score (nSPS) is 20.5. The van der Waals surface area contributed by atoms with Crippen molar-refractivity contribution in [2.75, 3.05) is 12.9 Å². The van der Waals surface area contributed by atoms with Crippen LogP contribution < -0.4 is 0 Å². The van der Waals surface area contributed by atoms with E-state index in [4.69, 9.17) is 10.7 Å². The van der Waals surface area contributed by atoms with Crippen molar-refractivity contribution < 1.29 is 17.9 Å². The van der Waals surface area contributed by atoms with Gasteiger partial charge in [0.15, 0.2) is 0 Å². The van der Waals surface area contributed by atoms with Gasteiger partial charge in [0, 0.05) is 10.7 Å². The van der Waals surface area contributed by atoms with Crippen molar-refractivity contribution in [1.29, 1.82) is 0 Å². The van der Waals surface area contributed by atoms with Crippen molar-refractivity contribution in [3.05, 3.63) is 0 Å². The lowest BCUT2D eigenvalue weighted by Crippen LogP contribution is -2.43. The molecule has 0 saturated heterocycles. The molecule has 1 rings (SSSR count). The summed E-state index contributed by atoms with van der Waals surface area (Å²) in [4.78, 5) is 11.2. The number of esters is 1. The van der Waals surface area contributed by atoms with Crippen molar-refractivity contribution in [2.24, 2.45) is 5.41 Å². The average molecular weight is 227 g/mol. The molecule has 1 fully saturated rings. The van der Waals surface area contributed by atoms with E-state index >= 15 is 0 Å². The number of carbonyl (C=O) groups is 1. The van der Waals surface area contributed by atoms with Gasteiger partial charge in [0.2, 0.25) is 9.05 Å². The van der Waals surface area contributed by atoms with E-state index in [0.29, 0.717) is 12.8 Å². The summed E-state index contributed by atoms with van der Waals surface area (Å²) in [6.45, 7) is 0. The van der Waals surface area contributed by atoms with Gasteiger partial charge in [-0.05, 0) is 12.8 Å². The topological polar surface area (TPSA) is 60.4 Å². The molecule has 4 nitrogen and oxygen atoms in total. The molecule has 0 aromatic rings. The molecule has 0 aliphatic heterocycles. The zero-order chi connectivity index (χ0) is 10.1. The highest BCUT2D eigenvalue weighted by molar-refractivity contribution is 8.13. The van der Waals surface area contributed by atoms with Gasteiger partial charge in [-0.2, -0.15) is 0 Å². The van der Waals surface area contributed by atoms with Gasteiger partial charge < -0.3 is 4.74 Å². The number of methoxy groups -OCH3 is 1. The molecule has 0 radical (unpaired) electrons. The van der Waals surface area contributed by atoms with Gasteiger partial charge in [-0.15, -0.1) is 0 Å².